The number of aromatic nitrogens is 3. The lowest BCUT2D eigenvalue weighted by Gasteiger charge is -2.18. The lowest BCUT2D eigenvalue weighted by atomic mass is 10.2. The number of hydrogen-bond acceptors (Lipinski definition) is 3. The molecule has 2 heterocycles. The molecular formula is C14H19ClN4O. The summed E-state index contributed by atoms with van der Waals surface area (Å²) in [5.74, 6) is 0.0323. The van der Waals surface area contributed by atoms with E-state index in [1.807, 2.05) is 6.07 Å². The number of hydrogen-bond donors (Lipinski definition) is 0. The molecule has 1 amide bonds. The lowest BCUT2D eigenvalue weighted by Crippen LogP contribution is -2.25. The molecule has 108 valence electrons. The molecule has 0 radical (unpaired) electrons. The summed E-state index contributed by atoms with van der Waals surface area (Å²) in [6.07, 6.45) is 8.04. The van der Waals surface area contributed by atoms with E-state index >= 15 is 0 Å². The summed E-state index contributed by atoms with van der Waals surface area (Å²) >= 11 is 0. The van der Waals surface area contributed by atoms with Gasteiger partial charge in [-0.25, -0.2) is 9.97 Å². The van der Waals surface area contributed by atoms with Gasteiger partial charge < -0.3 is 9.47 Å². The van der Waals surface area contributed by atoms with E-state index in [1.165, 1.54) is 12.8 Å². The Hall–Kier alpha value is -1.62. The van der Waals surface area contributed by atoms with E-state index in [1.54, 1.807) is 31.5 Å². The third-order valence-electron chi connectivity index (χ3n) is 3.81. The highest BCUT2D eigenvalue weighted by Crippen LogP contribution is 2.34. The van der Waals surface area contributed by atoms with E-state index in [0.717, 1.165) is 29.6 Å². The van der Waals surface area contributed by atoms with Gasteiger partial charge in [-0.05, 0) is 18.9 Å². The second-order valence-corrected chi connectivity index (χ2v) is 5.34. The topological polar surface area (TPSA) is 51.0 Å². The van der Waals surface area contributed by atoms with Crippen LogP contribution in [0.3, 0.4) is 0 Å². The second-order valence-electron chi connectivity index (χ2n) is 5.34. The van der Waals surface area contributed by atoms with Gasteiger partial charge in [-0.1, -0.05) is 12.8 Å². The Balaban J connectivity index is 0.00000147. The zero-order valence-electron chi connectivity index (χ0n) is 11.7. The van der Waals surface area contributed by atoms with Gasteiger partial charge in [-0.15, -0.1) is 12.4 Å². The molecule has 0 unspecified atom stereocenters. The van der Waals surface area contributed by atoms with Crippen LogP contribution in [0.5, 0.6) is 0 Å². The average Bonchev–Trinajstić information content (AvgIpc) is 3.03. The molecule has 20 heavy (non-hydrogen) atoms. The first kappa shape index (κ1) is 14.8. The van der Waals surface area contributed by atoms with Crippen molar-refractivity contribution in [3.63, 3.8) is 0 Å². The van der Waals surface area contributed by atoms with E-state index in [9.17, 15) is 4.79 Å². The Labute approximate surface area is 124 Å². The molecule has 3 rings (SSSR count). The molecule has 2 aromatic heterocycles. The van der Waals surface area contributed by atoms with Crippen LogP contribution in [-0.4, -0.2) is 39.4 Å². The predicted octanol–water partition coefficient (Wildman–Crippen LogP) is 2.67. The molecule has 0 aromatic carbocycles. The fourth-order valence-electron chi connectivity index (χ4n) is 2.89. The van der Waals surface area contributed by atoms with E-state index < -0.39 is 0 Å². The molecule has 1 aliphatic carbocycles. The quantitative estimate of drug-likeness (QED) is 0.855. The minimum atomic E-state index is 0. The third kappa shape index (κ3) is 2.38. The van der Waals surface area contributed by atoms with Crippen LogP contribution in [0.4, 0.5) is 0 Å². The highest BCUT2D eigenvalue weighted by Gasteiger charge is 2.25. The van der Waals surface area contributed by atoms with Gasteiger partial charge in [0.1, 0.15) is 17.7 Å². The SMILES string of the molecule is CN(C)C(=O)c1cc2cncnc2n1C1CCCC1.Cl. The van der Waals surface area contributed by atoms with Crippen molar-refractivity contribution >= 4 is 29.3 Å². The van der Waals surface area contributed by atoms with Gasteiger partial charge in [0.25, 0.3) is 5.91 Å². The molecule has 0 aliphatic heterocycles. The summed E-state index contributed by atoms with van der Waals surface area (Å²) in [6.45, 7) is 0. The van der Waals surface area contributed by atoms with Crippen molar-refractivity contribution < 1.29 is 4.79 Å². The first-order chi connectivity index (χ1) is 9.18. The Morgan fingerprint density at radius 3 is 2.70 bits per heavy atom. The average molecular weight is 295 g/mol. The van der Waals surface area contributed by atoms with Crippen LogP contribution >= 0.6 is 12.4 Å². The van der Waals surface area contributed by atoms with E-state index in [-0.39, 0.29) is 18.3 Å². The zero-order chi connectivity index (χ0) is 13.4. The van der Waals surface area contributed by atoms with Crippen molar-refractivity contribution in [2.24, 2.45) is 0 Å². The molecule has 0 spiro atoms. The van der Waals surface area contributed by atoms with E-state index in [0.29, 0.717) is 6.04 Å². The molecule has 1 fully saturated rings. The Kier molecular flexibility index (Phi) is 4.28. The van der Waals surface area contributed by atoms with Crippen LogP contribution in [0.1, 0.15) is 42.2 Å². The van der Waals surface area contributed by atoms with Crippen LogP contribution in [0.25, 0.3) is 11.0 Å². The summed E-state index contributed by atoms with van der Waals surface area (Å²) in [7, 11) is 3.56. The summed E-state index contributed by atoms with van der Waals surface area (Å²) < 4.78 is 2.12. The van der Waals surface area contributed by atoms with Gasteiger partial charge in [0.2, 0.25) is 0 Å². The first-order valence-electron chi connectivity index (χ1n) is 6.71. The maximum atomic E-state index is 12.3. The number of rotatable bonds is 2. The fourth-order valence-corrected chi connectivity index (χ4v) is 2.89. The van der Waals surface area contributed by atoms with Crippen molar-refractivity contribution in [2.75, 3.05) is 14.1 Å². The number of fused-ring (bicyclic) bond motifs is 1. The Morgan fingerprint density at radius 1 is 1.35 bits per heavy atom. The molecule has 1 saturated carbocycles. The molecule has 6 heteroatoms. The smallest absolute Gasteiger partial charge is 0.270 e. The Bertz CT molecular complexity index is 617. The molecule has 5 nitrogen and oxygen atoms in total. The highest BCUT2D eigenvalue weighted by molar-refractivity contribution is 5.97. The zero-order valence-corrected chi connectivity index (χ0v) is 12.6. The van der Waals surface area contributed by atoms with Gasteiger partial charge in [0.05, 0.1) is 0 Å². The van der Waals surface area contributed by atoms with Crippen molar-refractivity contribution in [3.05, 3.63) is 24.3 Å². The number of amides is 1. The summed E-state index contributed by atoms with van der Waals surface area (Å²) in [5, 5.41) is 0.944. The molecule has 0 bridgehead atoms. The first-order valence-corrected chi connectivity index (χ1v) is 6.71. The highest BCUT2D eigenvalue weighted by atomic mass is 35.5. The molecular weight excluding hydrogens is 276 g/mol. The molecule has 0 saturated heterocycles. The van der Waals surface area contributed by atoms with Crippen LogP contribution in [0.15, 0.2) is 18.6 Å². The maximum Gasteiger partial charge on any atom is 0.270 e. The molecule has 1 aliphatic rings. The standard InChI is InChI=1S/C14H18N4O.ClH/c1-17(2)14(19)12-7-10-8-15-9-16-13(10)18(12)11-5-3-4-6-11;/h7-9,11H,3-6H2,1-2H3;1H. The minimum absolute atomic E-state index is 0. The summed E-state index contributed by atoms with van der Waals surface area (Å²) in [5.41, 5.74) is 1.61. The number of carbonyl (C=O) groups excluding carboxylic acids is 1. The molecule has 0 N–H and O–H groups in total. The van der Waals surface area contributed by atoms with Gasteiger partial charge in [0.15, 0.2) is 0 Å². The van der Waals surface area contributed by atoms with Crippen molar-refractivity contribution in [1.82, 2.24) is 19.4 Å². The summed E-state index contributed by atoms with van der Waals surface area (Å²) in [6, 6.07) is 2.31. The third-order valence-corrected chi connectivity index (χ3v) is 3.81. The van der Waals surface area contributed by atoms with Crippen molar-refractivity contribution in [3.8, 4) is 0 Å². The van der Waals surface area contributed by atoms with Gasteiger partial charge >= 0.3 is 0 Å². The fraction of sp³-hybridized carbons (Fsp3) is 0.500. The Morgan fingerprint density at radius 2 is 2.05 bits per heavy atom. The maximum absolute atomic E-state index is 12.3. The van der Waals surface area contributed by atoms with Crippen LogP contribution in [0, 0.1) is 0 Å². The van der Waals surface area contributed by atoms with Crippen LogP contribution in [-0.2, 0) is 0 Å². The molecule has 0 atom stereocenters. The van der Waals surface area contributed by atoms with Crippen molar-refractivity contribution in [2.45, 2.75) is 31.7 Å². The minimum Gasteiger partial charge on any atom is -0.343 e. The summed E-state index contributed by atoms with van der Waals surface area (Å²) in [4.78, 5) is 22.4. The lowest BCUT2D eigenvalue weighted by molar-refractivity contribution is 0.0815. The van der Waals surface area contributed by atoms with Crippen LogP contribution in [0.2, 0.25) is 0 Å². The second kappa shape index (κ2) is 5.79. The largest absolute Gasteiger partial charge is 0.343 e. The monoisotopic (exact) mass is 294 g/mol. The normalized spacial score (nSPS) is 15.3. The van der Waals surface area contributed by atoms with Crippen molar-refractivity contribution in [1.29, 1.82) is 0 Å². The predicted molar refractivity (Wildman–Crippen MR) is 80.3 cm³/mol. The molecule has 2 aromatic rings. The van der Waals surface area contributed by atoms with Crippen LogP contribution < -0.4 is 0 Å². The van der Waals surface area contributed by atoms with Gasteiger partial charge in [0, 0.05) is 31.7 Å². The van der Waals surface area contributed by atoms with E-state index in [2.05, 4.69) is 14.5 Å². The number of nitrogens with zero attached hydrogens (tertiary/aromatic N) is 4. The number of halogens is 1. The van der Waals surface area contributed by atoms with Gasteiger partial charge in [-0.3, -0.25) is 4.79 Å². The van der Waals surface area contributed by atoms with Gasteiger partial charge in [-0.2, -0.15) is 0 Å². The van der Waals surface area contributed by atoms with E-state index in [4.69, 9.17) is 0 Å². The number of carbonyl (C=O) groups is 1.